The zero-order valence-corrected chi connectivity index (χ0v) is 15.1. The lowest BCUT2D eigenvalue weighted by molar-refractivity contribution is -0.132. The van der Waals surface area contributed by atoms with Crippen molar-refractivity contribution >= 4 is 17.5 Å². The first-order chi connectivity index (χ1) is 11.6. The van der Waals surface area contributed by atoms with E-state index in [-0.39, 0.29) is 11.3 Å². The predicted molar refractivity (Wildman–Crippen MR) is 93.7 cm³/mol. The number of ether oxygens (including phenoxy) is 2. The van der Waals surface area contributed by atoms with Crippen LogP contribution in [0.15, 0.2) is 12.1 Å². The number of hydrogen-bond acceptors (Lipinski definition) is 4. The molecule has 0 bridgehead atoms. The van der Waals surface area contributed by atoms with Gasteiger partial charge in [-0.25, -0.2) is 0 Å². The molecule has 1 aromatic rings. The van der Waals surface area contributed by atoms with Gasteiger partial charge in [-0.15, -0.1) is 0 Å². The lowest BCUT2D eigenvalue weighted by Crippen LogP contribution is -2.47. The Morgan fingerprint density at radius 3 is 2.88 bits per heavy atom. The fraction of sp³-hybridized carbons (Fsp3) is 0.611. The Labute approximate surface area is 148 Å². The molecule has 1 spiro atoms. The Balaban J connectivity index is 1.73. The van der Waals surface area contributed by atoms with Gasteiger partial charge >= 0.3 is 0 Å². The third-order valence-electron chi connectivity index (χ3n) is 5.06. The molecule has 1 amide bonds. The van der Waals surface area contributed by atoms with E-state index < -0.39 is 0 Å². The summed E-state index contributed by atoms with van der Waals surface area (Å²) in [4.78, 5) is 14.6. The highest BCUT2D eigenvalue weighted by Gasteiger charge is 2.45. The molecule has 1 atom stereocenters. The highest BCUT2D eigenvalue weighted by molar-refractivity contribution is 6.31. The topological polar surface area (TPSA) is 50.8 Å². The molecule has 0 aliphatic carbocycles. The maximum atomic E-state index is 12.3. The first-order valence-electron chi connectivity index (χ1n) is 8.58. The molecule has 2 heterocycles. The minimum atomic E-state index is -0.208. The van der Waals surface area contributed by atoms with Crippen molar-refractivity contribution in [1.29, 1.82) is 0 Å². The number of carbonyl (C=O) groups excluding carboxylic acids is 1. The van der Waals surface area contributed by atoms with E-state index in [0.29, 0.717) is 23.1 Å². The first-order valence-corrected chi connectivity index (χ1v) is 8.95. The van der Waals surface area contributed by atoms with Gasteiger partial charge in [-0.1, -0.05) is 11.6 Å². The number of likely N-dealkylation sites (tertiary alicyclic amines) is 1. The smallest absolute Gasteiger partial charge is 0.227 e. The molecule has 5 nitrogen and oxygen atoms in total. The summed E-state index contributed by atoms with van der Waals surface area (Å²) in [6, 6.07) is 3.76. The van der Waals surface area contributed by atoms with E-state index in [1.165, 1.54) is 0 Å². The summed E-state index contributed by atoms with van der Waals surface area (Å²) in [5.41, 5.74) is 0.797. The van der Waals surface area contributed by atoms with Crippen molar-refractivity contribution in [3.8, 4) is 11.5 Å². The van der Waals surface area contributed by atoms with Crippen LogP contribution in [0.2, 0.25) is 5.02 Å². The number of rotatable bonds is 5. The third-order valence-corrected chi connectivity index (χ3v) is 5.41. The molecule has 2 aliphatic rings. The predicted octanol–water partition coefficient (Wildman–Crippen LogP) is 2.85. The van der Waals surface area contributed by atoms with E-state index in [9.17, 15) is 4.79 Å². The van der Waals surface area contributed by atoms with Crippen molar-refractivity contribution in [2.24, 2.45) is 5.41 Å². The molecule has 2 saturated heterocycles. The fourth-order valence-electron chi connectivity index (χ4n) is 3.78. The van der Waals surface area contributed by atoms with Crippen molar-refractivity contribution in [2.75, 3.05) is 33.4 Å². The zero-order chi connectivity index (χ0) is 17.2. The summed E-state index contributed by atoms with van der Waals surface area (Å²) in [6.45, 7) is 5.74. The maximum Gasteiger partial charge on any atom is 0.227 e. The summed E-state index contributed by atoms with van der Waals surface area (Å²) in [5, 5.41) is 3.70. The van der Waals surface area contributed by atoms with Crippen molar-refractivity contribution in [3.63, 3.8) is 0 Å². The lowest BCUT2D eigenvalue weighted by atomic mass is 9.79. The number of amides is 1. The van der Waals surface area contributed by atoms with Crippen LogP contribution in [0.4, 0.5) is 0 Å². The highest BCUT2D eigenvalue weighted by Crippen LogP contribution is 2.39. The third kappa shape index (κ3) is 3.33. The van der Waals surface area contributed by atoms with Gasteiger partial charge < -0.3 is 14.8 Å². The van der Waals surface area contributed by atoms with Crippen LogP contribution in [0.3, 0.4) is 0 Å². The highest BCUT2D eigenvalue weighted by atomic mass is 35.5. The number of nitrogens with one attached hydrogen (secondary N) is 1. The van der Waals surface area contributed by atoms with Gasteiger partial charge in [-0.3, -0.25) is 9.69 Å². The standard InChI is InChI=1S/C18H25ClN2O3/c1-3-24-16-10-14(19)13(9-15(16)23-2)11-21-8-6-18(12-21)5-4-7-20-17(18)22/h9-10H,3-8,11-12H2,1-2H3,(H,20,22). The van der Waals surface area contributed by atoms with Crippen molar-refractivity contribution in [1.82, 2.24) is 10.2 Å². The first kappa shape index (κ1) is 17.4. The molecule has 1 unspecified atom stereocenters. The molecule has 0 aromatic heterocycles. The van der Waals surface area contributed by atoms with Crippen molar-refractivity contribution < 1.29 is 14.3 Å². The number of carbonyl (C=O) groups is 1. The van der Waals surface area contributed by atoms with Crippen LogP contribution in [0.1, 0.15) is 31.7 Å². The van der Waals surface area contributed by atoms with Crippen LogP contribution in [-0.4, -0.2) is 44.2 Å². The molecule has 6 heteroatoms. The Morgan fingerprint density at radius 1 is 1.33 bits per heavy atom. The number of piperidine rings is 1. The van der Waals surface area contributed by atoms with Crippen LogP contribution in [0.5, 0.6) is 11.5 Å². The fourth-order valence-corrected chi connectivity index (χ4v) is 3.99. The summed E-state index contributed by atoms with van der Waals surface area (Å²) in [6.07, 6.45) is 2.97. The molecular weight excluding hydrogens is 328 g/mol. The van der Waals surface area contributed by atoms with Crippen molar-refractivity contribution in [2.45, 2.75) is 32.7 Å². The second kappa shape index (κ2) is 7.19. The molecule has 24 heavy (non-hydrogen) atoms. The van der Waals surface area contributed by atoms with E-state index in [4.69, 9.17) is 21.1 Å². The Hall–Kier alpha value is -1.46. The second-order valence-electron chi connectivity index (χ2n) is 6.63. The van der Waals surface area contributed by atoms with Gasteiger partial charge in [-0.2, -0.15) is 0 Å². The quantitative estimate of drug-likeness (QED) is 0.885. The molecule has 2 aliphatic heterocycles. The zero-order valence-electron chi connectivity index (χ0n) is 14.4. The van der Waals surface area contributed by atoms with Gasteiger partial charge in [0, 0.05) is 30.7 Å². The average molecular weight is 353 g/mol. The number of methoxy groups -OCH3 is 1. The van der Waals surface area contributed by atoms with Crippen LogP contribution in [-0.2, 0) is 11.3 Å². The molecule has 2 fully saturated rings. The SMILES string of the molecule is CCOc1cc(Cl)c(CN2CCC3(CCCNC3=O)C2)cc1OC. The maximum absolute atomic E-state index is 12.3. The average Bonchev–Trinajstić information content (AvgIpc) is 2.97. The number of hydrogen-bond donors (Lipinski definition) is 1. The number of nitrogens with zero attached hydrogens (tertiary/aromatic N) is 1. The summed E-state index contributed by atoms with van der Waals surface area (Å²) in [7, 11) is 1.63. The van der Waals surface area contributed by atoms with Crippen molar-refractivity contribution in [3.05, 3.63) is 22.7 Å². The molecule has 1 N–H and O–H groups in total. The van der Waals surface area contributed by atoms with E-state index in [0.717, 1.165) is 51.0 Å². The molecule has 1 aromatic carbocycles. The van der Waals surface area contributed by atoms with Gasteiger partial charge in [0.1, 0.15) is 0 Å². The number of halogens is 1. The normalized spacial score (nSPS) is 24.2. The lowest BCUT2D eigenvalue weighted by Gasteiger charge is -2.32. The Kier molecular flexibility index (Phi) is 5.21. The molecule has 3 rings (SSSR count). The van der Waals surface area contributed by atoms with Gasteiger partial charge in [0.05, 0.1) is 19.1 Å². The van der Waals surface area contributed by atoms with Crippen LogP contribution in [0.25, 0.3) is 0 Å². The monoisotopic (exact) mass is 352 g/mol. The Bertz CT molecular complexity index is 623. The van der Waals surface area contributed by atoms with E-state index in [2.05, 4.69) is 10.2 Å². The van der Waals surface area contributed by atoms with E-state index >= 15 is 0 Å². The van der Waals surface area contributed by atoms with E-state index in [1.54, 1.807) is 7.11 Å². The molecular formula is C18H25ClN2O3. The Morgan fingerprint density at radius 2 is 2.17 bits per heavy atom. The van der Waals surface area contributed by atoms with Crippen LogP contribution >= 0.6 is 11.6 Å². The van der Waals surface area contributed by atoms with Gasteiger partial charge in [0.2, 0.25) is 5.91 Å². The summed E-state index contributed by atoms with van der Waals surface area (Å²) < 4.78 is 11.0. The van der Waals surface area contributed by atoms with Gasteiger partial charge in [0.25, 0.3) is 0 Å². The summed E-state index contributed by atoms with van der Waals surface area (Å²) >= 11 is 6.44. The van der Waals surface area contributed by atoms with Crippen LogP contribution in [0, 0.1) is 5.41 Å². The minimum Gasteiger partial charge on any atom is -0.493 e. The largest absolute Gasteiger partial charge is 0.493 e. The van der Waals surface area contributed by atoms with Gasteiger partial charge in [-0.05, 0) is 44.4 Å². The molecule has 0 saturated carbocycles. The molecule has 132 valence electrons. The number of benzene rings is 1. The van der Waals surface area contributed by atoms with Crippen LogP contribution < -0.4 is 14.8 Å². The van der Waals surface area contributed by atoms with E-state index in [1.807, 2.05) is 19.1 Å². The minimum absolute atomic E-state index is 0.208. The summed E-state index contributed by atoms with van der Waals surface area (Å²) in [5.74, 6) is 1.57. The molecule has 0 radical (unpaired) electrons. The second-order valence-corrected chi connectivity index (χ2v) is 7.04. The van der Waals surface area contributed by atoms with Gasteiger partial charge in [0.15, 0.2) is 11.5 Å².